The number of rotatable bonds is 3. The van der Waals surface area contributed by atoms with E-state index in [2.05, 4.69) is 0 Å². The molecule has 1 unspecified atom stereocenters. The smallest absolute Gasteiger partial charge is 0.193 e. The first-order chi connectivity index (χ1) is 8.58. The fourth-order valence-corrected chi connectivity index (χ4v) is 1.81. The van der Waals surface area contributed by atoms with E-state index in [0.29, 0.717) is 11.1 Å². The largest absolute Gasteiger partial charge is 0.324 e. The van der Waals surface area contributed by atoms with Crippen molar-refractivity contribution in [3.05, 3.63) is 70.8 Å². The zero-order valence-corrected chi connectivity index (χ0v) is 10.7. The van der Waals surface area contributed by atoms with Crippen LogP contribution in [0.15, 0.2) is 48.5 Å². The predicted octanol–water partition coefficient (Wildman–Crippen LogP) is 3.25. The van der Waals surface area contributed by atoms with Gasteiger partial charge in [0.2, 0.25) is 0 Å². The highest BCUT2D eigenvalue weighted by atomic mass is 16.1. The molecule has 0 aliphatic rings. The molecule has 0 aliphatic carbocycles. The second kappa shape index (κ2) is 5.15. The number of carbonyl (C=O) groups is 1. The Kier molecular flexibility index (Phi) is 3.58. The highest BCUT2D eigenvalue weighted by Gasteiger charge is 2.09. The second-order valence-corrected chi connectivity index (χ2v) is 4.61. The molecule has 0 saturated heterocycles. The Morgan fingerprint density at radius 2 is 1.39 bits per heavy atom. The van der Waals surface area contributed by atoms with E-state index in [-0.39, 0.29) is 11.8 Å². The van der Waals surface area contributed by atoms with E-state index in [0.717, 1.165) is 11.1 Å². The molecule has 0 aliphatic heterocycles. The van der Waals surface area contributed by atoms with Gasteiger partial charge in [0.15, 0.2) is 5.78 Å². The van der Waals surface area contributed by atoms with Gasteiger partial charge in [-0.25, -0.2) is 0 Å². The molecule has 0 amide bonds. The Bertz CT molecular complexity index is 538. The van der Waals surface area contributed by atoms with Crippen molar-refractivity contribution >= 4 is 5.78 Å². The van der Waals surface area contributed by atoms with Crippen LogP contribution >= 0.6 is 0 Å². The van der Waals surface area contributed by atoms with Crippen molar-refractivity contribution in [2.24, 2.45) is 5.73 Å². The third-order valence-electron chi connectivity index (χ3n) is 3.01. The predicted molar refractivity (Wildman–Crippen MR) is 73.7 cm³/mol. The molecule has 2 N–H and O–H groups in total. The SMILES string of the molecule is Cc1ccc(C(=O)c2ccc(C(C)N)cc2)cc1. The van der Waals surface area contributed by atoms with Gasteiger partial charge in [-0.05, 0) is 19.4 Å². The molecule has 2 nitrogen and oxygen atoms in total. The zero-order valence-electron chi connectivity index (χ0n) is 10.7. The Balaban J connectivity index is 2.26. The van der Waals surface area contributed by atoms with E-state index < -0.39 is 0 Å². The lowest BCUT2D eigenvalue weighted by Crippen LogP contribution is -2.06. The molecule has 2 aromatic rings. The number of hydrogen-bond acceptors (Lipinski definition) is 2. The maximum absolute atomic E-state index is 12.2. The average molecular weight is 239 g/mol. The number of carbonyl (C=O) groups excluding carboxylic acids is 1. The maximum Gasteiger partial charge on any atom is 0.193 e. The van der Waals surface area contributed by atoms with Crippen molar-refractivity contribution in [3.63, 3.8) is 0 Å². The number of nitrogens with two attached hydrogens (primary N) is 1. The first kappa shape index (κ1) is 12.5. The Labute approximate surface area is 107 Å². The van der Waals surface area contributed by atoms with E-state index >= 15 is 0 Å². The van der Waals surface area contributed by atoms with Crippen LogP contribution in [0.5, 0.6) is 0 Å². The molecule has 0 saturated carbocycles. The van der Waals surface area contributed by atoms with Crippen molar-refractivity contribution in [1.82, 2.24) is 0 Å². The maximum atomic E-state index is 12.2. The summed E-state index contributed by atoms with van der Waals surface area (Å²) in [6, 6.07) is 15.1. The van der Waals surface area contributed by atoms with Gasteiger partial charge in [0, 0.05) is 17.2 Å². The summed E-state index contributed by atoms with van der Waals surface area (Å²) in [6.45, 7) is 3.93. The van der Waals surface area contributed by atoms with Crippen molar-refractivity contribution in [3.8, 4) is 0 Å². The molecule has 92 valence electrons. The first-order valence-electron chi connectivity index (χ1n) is 6.05. The molecular weight excluding hydrogens is 222 g/mol. The van der Waals surface area contributed by atoms with Crippen LogP contribution in [0.4, 0.5) is 0 Å². The average Bonchev–Trinajstić information content (AvgIpc) is 2.39. The summed E-state index contributed by atoms with van der Waals surface area (Å²) in [5, 5.41) is 0. The lowest BCUT2D eigenvalue weighted by molar-refractivity contribution is 0.103. The lowest BCUT2D eigenvalue weighted by atomic mass is 10.00. The molecule has 18 heavy (non-hydrogen) atoms. The van der Waals surface area contributed by atoms with Crippen LogP contribution in [-0.2, 0) is 0 Å². The minimum Gasteiger partial charge on any atom is -0.324 e. The van der Waals surface area contributed by atoms with E-state index in [9.17, 15) is 4.79 Å². The van der Waals surface area contributed by atoms with Gasteiger partial charge in [-0.1, -0.05) is 54.1 Å². The van der Waals surface area contributed by atoms with Crippen LogP contribution in [0.3, 0.4) is 0 Å². The zero-order chi connectivity index (χ0) is 13.1. The summed E-state index contributed by atoms with van der Waals surface area (Å²) >= 11 is 0. The van der Waals surface area contributed by atoms with Gasteiger partial charge in [0.1, 0.15) is 0 Å². The minimum atomic E-state index is -0.00599. The highest BCUT2D eigenvalue weighted by Crippen LogP contribution is 2.14. The highest BCUT2D eigenvalue weighted by molar-refractivity contribution is 6.08. The first-order valence-corrected chi connectivity index (χ1v) is 6.05. The Morgan fingerprint density at radius 3 is 1.83 bits per heavy atom. The van der Waals surface area contributed by atoms with Gasteiger partial charge in [0.25, 0.3) is 0 Å². The molecule has 0 radical (unpaired) electrons. The van der Waals surface area contributed by atoms with Crippen molar-refractivity contribution in [2.75, 3.05) is 0 Å². The fourth-order valence-electron chi connectivity index (χ4n) is 1.81. The Morgan fingerprint density at radius 1 is 0.944 bits per heavy atom. The number of benzene rings is 2. The van der Waals surface area contributed by atoms with Crippen LogP contribution in [0, 0.1) is 6.92 Å². The molecule has 0 heterocycles. The third-order valence-corrected chi connectivity index (χ3v) is 3.01. The summed E-state index contributed by atoms with van der Waals surface area (Å²) in [6.07, 6.45) is 0. The molecule has 2 heteroatoms. The van der Waals surface area contributed by atoms with Gasteiger partial charge >= 0.3 is 0 Å². The molecule has 1 atom stereocenters. The van der Waals surface area contributed by atoms with Crippen LogP contribution in [0.2, 0.25) is 0 Å². The van der Waals surface area contributed by atoms with Crippen LogP contribution in [0.25, 0.3) is 0 Å². The van der Waals surface area contributed by atoms with Crippen LogP contribution in [-0.4, -0.2) is 5.78 Å². The molecule has 0 fully saturated rings. The quantitative estimate of drug-likeness (QED) is 0.835. The van der Waals surface area contributed by atoms with Crippen molar-refractivity contribution in [1.29, 1.82) is 0 Å². The topological polar surface area (TPSA) is 43.1 Å². The molecular formula is C16H17NO. The monoisotopic (exact) mass is 239 g/mol. The lowest BCUT2D eigenvalue weighted by Gasteiger charge is -2.06. The van der Waals surface area contributed by atoms with Gasteiger partial charge in [-0.15, -0.1) is 0 Å². The van der Waals surface area contributed by atoms with E-state index in [4.69, 9.17) is 5.73 Å². The van der Waals surface area contributed by atoms with E-state index in [1.807, 2.05) is 62.4 Å². The molecule has 0 spiro atoms. The van der Waals surface area contributed by atoms with Gasteiger partial charge in [0.05, 0.1) is 0 Å². The Hall–Kier alpha value is -1.93. The summed E-state index contributed by atoms with van der Waals surface area (Å²) in [4.78, 5) is 12.2. The van der Waals surface area contributed by atoms with Crippen molar-refractivity contribution in [2.45, 2.75) is 19.9 Å². The van der Waals surface area contributed by atoms with Crippen LogP contribution in [0.1, 0.15) is 40.0 Å². The number of ketones is 1. The van der Waals surface area contributed by atoms with E-state index in [1.54, 1.807) is 0 Å². The molecule has 2 aromatic carbocycles. The standard InChI is InChI=1S/C16H17NO/c1-11-3-5-14(6-4-11)16(18)15-9-7-13(8-10-15)12(2)17/h3-10,12H,17H2,1-2H3. The van der Waals surface area contributed by atoms with Gasteiger partial charge < -0.3 is 5.73 Å². The summed E-state index contributed by atoms with van der Waals surface area (Å²) in [7, 11) is 0. The molecule has 0 bridgehead atoms. The van der Waals surface area contributed by atoms with Gasteiger partial charge in [-0.2, -0.15) is 0 Å². The number of hydrogen-bond donors (Lipinski definition) is 1. The summed E-state index contributed by atoms with van der Waals surface area (Å²) in [5.41, 5.74) is 9.39. The van der Waals surface area contributed by atoms with Crippen LogP contribution < -0.4 is 5.73 Å². The summed E-state index contributed by atoms with van der Waals surface area (Å²) < 4.78 is 0. The second-order valence-electron chi connectivity index (χ2n) is 4.61. The number of aryl methyl sites for hydroxylation is 1. The van der Waals surface area contributed by atoms with Gasteiger partial charge in [-0.3, -0.25) is 4.79 Å². The van der Waals surface area contributed by atoms with Crippen molar-refractivity contribution < 1.29 is 4.79 Å². The third kappa shape index (κ3) is 2.66. The molecule has 0 aromatic heterocycles. The minimum absolute atomic E-state index is 0.00599. The van der Waals surface area contributed by atoms with E-state index in [1.165, 1.54) is 0 Å². The normalized spacial score (nSPS) is 12.2. The summed E-state index contributed by atoms with van der Waals surface area (Å²) in [5.74, 6) is 0.0474. The fraction of sp³-hybridized carbons (Fsp3) is 0.188. The molecule has 2 rings (SSSR count).